The van der Waals surface area contributed by atoms with Gasteiger partial charge in [0.25, 0.3) is 0 Å². The fourth-order valence-electron chi connectivity index (χ4n) is 5.21. The summed E-state index contributed by atoms with van der Waals surface area (Å²) in [6.45, 7) is 0.383. The number of ether oxygens (including phenoxy) is 2. The van der Waals surface area contributed by atoms with Crippen molar-refractivity contribution in [2.45, 2.75) is 87.3 Å². The van der Waals surface area contributed by atoms with E-state index in [9.17, 15) is 14.4 Å². The molecule has 2 fully saturated rings. The molecule has 2 aliphatic rings. The Balaban J connectivity index is 1.35. The highest BCUT2D eigenvalue weighted by Crippen LogP contribution is 2.29. The van der Waals surface area contributed by atoms with Crippen LogP contribution in [0.2, 0.25) is 0 Å². The Morgan fingerprint density at radius 3 is 2.23 bits per heavy atom. The van der Waals surface area contributed by atoms with E-state index in [-0.39, 0.29) is 23.7 Å². The SMILES string of the molecule is NC(=O)NSc1ccc(-c2ccc(OCC[C@H](NC3CCCCC3)C(=O)OC3CCCC3)cc2)cc1C(N)=O. The van der Waals surface area contributed by atoms with Crippen molar-refractivity contribution >= 4 is 29.9 Å². The lowest BCUT2D eigenvalue weighted by atomic mass is 9.94. The molecule has 10 heteroatoms. The van der Waals surface area contributed by atoms with Gasteiger partial charge in [0.2, 0.25) is 5.91 Å². The molecule has 2 aromatic carbocycles. The zero-order chi connectivity index (χ0) is 27.6. The van der Waals surface area contributed by atoms with E-state index in [0.29, 0.717) is 29.7 Å². The van der Waals surface area contributed by atoms with Crippen molar-refractivity contribution in [3.63, 3.8) is 0 Å². The molecule has 0 aliphatic heterocycles. The second-order valence-corrected chi connectivity index (χ2v) is 11.1. The van der Waals surface area contributed by atoms with Gasteiger partial charge in [-0.2, -0.15) is 0 Å². The molecule has 210 valence electrons. The maximum Gasteiger partial charge on any atom is 0.323 e. The summed E-state index contributed by atoms with van der Waals surface area (Å²) in [5, 5.41) is 3.56. The van der Waals surface area contributed by atoms with Gasteiger partial charge in [-0.25, -0.2) is 4.79 Å². The number of carbonyl (C=O) groups is 3. The molecule has 0 bridgehead atoms. The third kappa shape index (κ3) is 8.63. The smallest absolute Gasteiger partial charge is 0.323 e. The van der Waals surface area contributed by atoms with Gasteiger partial charge in [0.1, 0.15) is 17.9 Å². The molecule has 39 heavy (non-hydrogen) atoms. The van der Waals surface area contributed by atoms with Crippen LogP contribution >= 0.6 is 11.9 Å². The number of urea groups is 1. The maximum atomic E-state index is 13.0. The summed E-state index contributed by atoms with van der Waals surface area (Å²) in [5.74, 6) is -0.0787. The Morgan fingerprint density at radius 2 is 1.56 bits per heavy atom. The van der Waals surface area contributed by atoms with Crippen LogP contribution in [0.25, 0.3) is 11.1 Å². The first-order valence-electron chi connectivity index (χ1n) is 13.7. The van der Waals surface area contributed by atoms with Crippen molar-refractivity contribution in [3.8, 4) is 16.9 Å². The van der Waals surface area contributed by atoms with Crippen molar-refractivity contribution in [3.05, 3.63) is 48.0 Å². The normalized spacial score (nSPS) is 16.9. The molecule has 1 atom stereocenters. The molecule has 0 unspecified atom stereocenters. The molecular formula is C29H38N4O5S. The van der Waals surface area contributed by atoms with Gasteiger partial charge in [-0.15, -0.1) is 0 Å². The second-order valence-electron chi connectivity index (χ2n) is 10.2. The molecule has 9 nitrogen and oxygen atoms in total. The summed E-state index contributed by atoms with van der Waals surface area (Å²) < 4.78 is 14.2. The van der Waals surface area contributed by atoms with Crippen LogP contribution in [-0.4, -0.2) is 42.7 Å². The number of carbonyl (C=O) groups excluding carboxylic acids is 3. The van der Waals surface area contributed by atoms with Crippen LogP contribution in [-0.2, 0) is 9.53 Å². The van der Waals surface area contributed by atoms with Crippen LogP contribution in [0.4, 0.5) is 4.79 Å². The van der Waals surface area contributed by atoms with Crippen molar-refractivity contribution in [1.82, 2.24) is 10.0 Å². The van der Waals surface area contributed by atoms with E-state index in [1.807, 2.05) is 30.3 Å². The third-order valence-corrected chi connectivity index (χ3v) is 8.16. The molecule has 4 rings (SSSR count). The first kappa shape index (κ1) is 28.8. The van der Waals surface area contributed by atoms with E-state index in [1.54, 1.807) is 12.1 Å². The average Bonchev–Trinajstić information content (AvgIpc) is 3.45. The van der Waals surface area contributed by atoms with Crippen LogP contribution in [0.3, 0.4) is 0 Å². The van der Waals surface area contributed by atoms with E-state index in [2.05, 4.69) is 10.0 Å². The summed E-state index contributed by atoms with van der Waals surface area (Å²) in [5.41, 5.74) is 12.6. The number of esters is 1. The molecule has 0 aromatic heterocycles. The van der Waals surface area contributed by atoms with E-state index < -0.39 is 11.9 Å². The van der Waals surface area contributed by atoms with Crippen molar-refractivity contribution in [2.75, 3.05) is 6.61 Å². The number of hydrogen-bond acceptors (Lipinski definition) is 7. The van der Waals surface area contributed by atoms with Gasteiger partial charge >= 0.3 is 12.0 Å². The van der Waals surface area contributed by atoms with Crippen LogP contribution < -0.4 is 26.2 Å². The highest BCUT2D eigenvalue weighted by molar-refractivity contribution is 7.98. The molecule has 0 spiro atoms. The van der Waals surface area contributed by atoms with Gasteiger partial charge in [-0.05, 0) is 85.9 Å². The van der Waals surface area contributed by atoms with Crippen LogP contribution in [0, 0.1) is 0 Å². The quantitative estimate of drug-likeness (QED) is 0.220. The number of nitrogens with one attached hydrogen (secondary N) is 2. The first-order chi connectivity index (χ1) is 18.9. The van der Waals surface area contributed by atoms with Crippen LogP contribution in [0.5, 0.6) is 5.75 Å². The monoisotopic (exact) mass is 554 g/mol. The minimum atomic E-state index is -0.711. The minimum absolute atomic E-state index is 0.0452. The fraction of sp³-hybridized carbons (Fsp3) is 0.483. The molecule has 0 radical (unpaired) electrons. The topological polar surface area (TPSA) is 146 Å². The van der Waals surface area contributed by atoms with Gasteiger partial charge < -0.3 is 26.3 Å². The maximum absolute atomic E-state index is 13.0. The number of rotatable bonds is 12. The van der Waals surface area contributed by atoms with Gasteiger partial charge in [-0.3, -0.25) is 14.3 Å². The minimum Gasteiger partial charge on any atom is -0.494 e. The summed E-state index contributed by atoms with van der Waals surface area (Å²) >= 11 is 0.939. The molecule has 0 saturated heterocycles. The summed E-state index contributed by atoms with van der Waals surface area (Å²) in [7, 11) is 0. The van der Waals surface area contributed by atoms with Gasteiger partial charge in [0, 0.05) is 17.4 Å². The summed E-state index contributed by atoms with van der Waals surface area (Å²) in [6, 6.07) is 12.0. The molecule has 3 amide bonds. The highest BCUT2D eigenvalue weighted by atomic mass is 32.2. The first-order valence-corrected chi connectivity index (χ1v) is 14.6. The third-order valence-electron chi connectivity index (χ3n) is 7.28. The number of amides is 3. The fourth-order valence-corrected chi connectivity index (χ4v) is 5.83. The highest BCUT2D eigenvalue weighted by Gasteiger charge is 2.28. The molecule has 2 saturated carbocycles. The lowest BCUT2D eigenvalue weighted by Crippen LogP contribution is -2.46. The Bertz CT molecular complexity index is 1130. The van der Waals surface area contributed by atoms with Crippen LogP contribution in [0.15, 0.2) is 47.4 Å². The van der Waals surface area contributed by atoms with Crippen molar-refractivity contribution in [1.29, 1.82) is 0 Å². The van der Waals surface area contributed by atoms with Gasteiger partial charge in [0.15, 0.2) is 0 Å². The van der Waals surface area contributed by atoms with Gasteiger partial charge in [-0.1, -0.05) is 37.5 Å². The lowest BCUT2D eigenvalue weighted by molar-refractivity contribution is -0.152. The van der Waals surface area contributed by atoms with Gasteiger partial charge in [0.05, 0.1) is 12.2 Å². The second kappa shape index (κ2) is 14.2. The number of primary amides is 2. The van der Waals surface area contributed by atoms with Crippen molar-refractivity contribution < 1.29 is 23.9 Å². The molecule has 6 N–H and O–H groups in total. The zero-order valence-electron chi connectivity index (χ0n) is 22.2. The predicted molar refractivity (Wildman–Crippen MR) is 151 cm³/mol. The Kier molecular flexibility index (Phi) is 10.5. The number of benzene rings is 2. The Labute approximate surface area is 233 Å². The summed E-state index contributed by atoms with van der Waals surface area (Å²) in [4.78, 5) is 36.5. The largest absolute Gasteiger partial charge is 0.494 e. The number of nitrogens with two attached hydrogens (primary N) is 2. The van der Waals surface area contributed by atoms with E-state index in [0.717, 1.165) is 61.6 Å². The lowest BCUT2D eigenvalue weighted by Gasteiger charge is -2.28. The van der Waals surface area contributed by atoms with Crippen molar-refractivity contribution in [2.24, 2.45) is 11.5 Å². The van der Waals surface area contributed by atoms with E-state index in [4.69, 9.17) is 20.9 Å². The van der Waals surface area contributed by atoms with Crippen LogP contribution in [0.1, 0.15) is 74.6 Å². The number of hydrogen-bond donors (Lipinski definition) is 4. The van der Waals surface area contributed by atoms with E-state index in [1.165, 1.54) is 19.3 Å². The molecule has 2 aliphatic carbocycles. The van der Waals surface area contributed by atoms with E-state index >= 15 is 0 Å². The Hall–Kier alpha value is -3.24. The molecule has 2 aromatic rings. The summed E-state index contributed by atoms with van der Waals surface area (Å²) in [6.07, 6.45) is 10.6. The molecular weight excluding hydrogens is 516 g/mol. The average molecular weight is 555 g/mol. The standard InChI is InChI=1S/C29H38N4O5S/c30-27(34)24-18-20(12-15-26(24)39-33-29(31)36)19-10-13-22(14-11-19)37-17-16-25(32-21-6-2-1-3-7-21)28(35)38-23-8-4-5-9-23/h10-15,18,21,23,25,32H,1-9,16-17H2,(H2,30,34)(H3,31,33,36)/t25-/m0/s1. The Morgan fingerprint density at radius 1 is 0.897 bits per heavy atom. The zero-order valence-corrected chi connectivity index (χ0v) is 23.0. The molecule has 0 heterocycles. The predicted octanol–water partition coefficient (Wildman–Crippen LogP) is 4.67.